The van der Waals surface area contributed by atoms with Crippen LogP contribution in [-0.2, 0) is 10.0 Å². The molecular weight excluding hydrogens is 303 g/mol. The van der Waals surface area contributed by atoms with Gasteiger partial charge in [0, 0.05) is 13.1 Å². The molecule has 1 saturated heterocycles. The Kier molecular flexibility index (Phi) is 5.01. The molecule has 0 bridgehead atoms. The van der Waals surface area contributed by atoms with Crippen molar-refractivity contribution in [2.45, 2.75) is 24.2 Å². The predicted octanol–water partition coefficient (Wildman–Crippen LogP) is 2.23. The first-order valence-electron chi connectivity index (χ1n) is 6.60. The number of piperidine rings is 1. The quantitative estimate of drug-likeness (QED) is 0.925. The van der Waals surface area contributed by atoms with Crippen molar-refractivity contribution in [2.24, 2.45) is 11.7 Å². The minimum Gasteiger partial charge on any atom is -0.330 e. The highest BCUT2D eigenvalue weighted by atomic mass is 35.5. The van der Waals surface area contributed by atoms with Crippen LogP contribution in [0.3, 0.4) is 0 Å². The molecule has 20 heavy (non-hydrogen) atoms. The van der Waals surface area contributed by atoms with Gasteiger partial charge in [0.1, 0.15) is 10.7 Å². The topological polar surface area (TPSA) is 63.4 Å². The monoisotopic (exact) mass is 320 g/mol. The van der Waals surface area contributed by atoms with E-state index in [9.17, 15) is 12.8 Å². The van der Waals surface area contributed by atoms with E-state index in [1.165, 1.54) is 10.4 Å². The molecule has 0 radical (unpaired) electrons. The van der Waals surface area contributed by atoms with Gasteiger partial charge in [0.15, 0.2) is 0 Å². The van der Waals surface area contributed by atoms with Crippen LogP contribution in [0.15, 0.2) is 23.1 Å². The minimum atomic E-state index is -3.67. The lowest BCUT2D eigenvalue weighted by Gasteiger charge is -2.32. The molecule has 112 valence electrons. The van der Waals surface area contributed by atoms with Crippen molar-refractivity contribution in [3.05, 3.63) is 29.0 Å². The highest BCUT2D eigenvalue weighted by Crippen LogP contribution is 2.29. The standard InChI is InChI=1S/C13H18ClFN2O2S/c14-12-8-11(15)3-4-13(12)20(18,19)17-7-1-2-10(9-17)5-6-16/h3-4,8,10H,1-2,5-7,9,16H2. The van der Waals surface area contributed by atoms with Gasteiger partial charge in [-0.1, -0.05) is 11.6 Å². The molecule has 1 aromatic carbocycles. The van der Waals surface area contributed by atoms with Crippen molar-refractivity contribution in [1.82, 2.24) is 4.31 Å². The molecule has 7 heteroatoms. The molecule has 1 unspecified atom stereocenters. The largest absolute Gasteiger partial charge is 0.330 e. The molecule has 1 aromatic rings. The molecule has 0 amide bonds. The van der Waals surface area contributed by atoms with Gasteiger partial charge >= 0.3 is 0 Å². The van der Waals surface area contributed by atoms with Gasteiger partial charge in [-0.25, -0.2) is 12.8 Å². The fraction of sp³-hybridized carbons (Fsp3) is 0.538. The lowest BCUT2D eigenvalue weighted by atomic mass is 9.96. The number of hydrogen-bond donors (Lipinski definition) is 1. The smallest absolute Gasteiger partial charge is 0.244 e. The van der Waals surface area contributed by atoms with Crippen molar-refractivity contribution in [2.75, 3.05) is 19.6 Å². The first-order chi connectivity index (χ1) is 9.45. The van der Waals surface area contributed by atoms with Crippen LogP contribution >= 0.6 is 11.6 Å². The van der Waals surface area contributed by atoms with Crippen LogP contribution in [-0.4, -0.2) is 32.4 Å². The van der Waals surface area contributed by atoms with Crippen LogP contribution in [0.25, 0.3) is 0 Å². The van der Waals surface area contributed by atoms with Gasteiger partial charge in [-0.15, -0.1) is 0 Å². The summed E-state index contributed by atoms with van der Waals surface area (Å²) in [4.78, 5) is -0.0334. The third-order valence-electron chi connectivity index (χ3n) is 3.57. The van der Waals surface area contributed by atoms with Gasteiger partial charge in [-0.3, -0.25) is 0 Å². The molecule has 1 fully saturated rings. The first-order valence-corrected chi connectivity index (χ1v) is 8.42. The van der Waals surface area contributed by atoms with E-state index in [2.05, 4.69) is 0 Å². The van der Waals surface area contributed by atoms with Gasteiger partial charge in [0.2, 0.25) is 10.0 Å². The molecule has 2 rings (SSSR count). The highest BCUT2D eigenvalue weighted by Gasteiger charge is 2.31. The maximum Gasteiger partial charge on any atom is 0.244 e. The van der Waals surface area contributed by atoms with E-state index in [4.69, 9.17) is 17.3 Å². The second-order valence-corrected chi connectivity index (χ2v) is 7.34. The Balaban J connectivity index is 2.25. The summed E-state index contributed by atoms with van der Waals surface area (Å²) in [6.07, 6.45) is 2.60. The third kappa shape index (κ3) is 3.31. The molecule has 1 atom stereocenters. The fourth-order valence-corrected chi connectivity index (χ4v) is 4.60. The van der Waals surface area contributed by atoms with E-state index in [-0.39, 0.29) is 15.8 Å². The second kappa shape index (κ2) is 6.39. The Bertz CT molecular complexity index is 578. The Morgan fingerprint density at radius 3 is 2.85 bits per heavy atom. The number of hydrogen-bond acceptors (Lipinski definition) is 3. The highest BCUT2D eigenvalue weighted by molar-refractivity contribution is 7.89. The zero-order chi connectivity index (χ0) is 14.8. The number of nitrogens with zero attached hydrogens (tertiary/aromatic N) is 1. The number of benzene rings is 1. The van der Waals surface area contributed by atoms with Crippen LogP contribution in [0, 0.1) is 11.7 Å². The number of halogens is 2. The number of rotatable bonds is 4. The molecule has 1 aliphatic rings. The van der Waals surface area contributed by atoms with E-state index < -0.39 is 15.8 Å². The van der Waals surface area contributed by atoms with Crippen LogP contribution in [0.2, 0.25) is 5.02 Å². The zero-order valence-corrected chi connectivity index (χ0v) is 12.6. The molecule has 0 spiro atoms. The summed E-state index contributed by atoms with van der Waals surface area (Å²) >= 11 is 5.86. The Morgan fingerprint density at radius 1 is 1.45 bits per heavy atom. The lowest BCUT2D eigenvalue weighted by Crippen LogP contribution is -2.40. The molecule has 1 heterocycles. The van der Waals surface area contributed by atoms with Gasteiger partial charge in [-0.2, -0.15) is 4.31 Å². The predicted molar refractivity (Wildman–Crippen MR) is 76.6 cm³/mol. The Hall–Kier alpha value is -0.690. The van der Waals surface area contributed by atoms with E-state index in [0.717, 1.165) is 31.4 Å². The molecule has 0 aromatic heterocycles. The summed E-state index contributed by atoms with van der Waals surface area (Å²) in [5.74, 6) is -0.267. The Labute approximate surface area is 123 Å². The normalized spacial score (nSPS) is 21.1. The average molecular weight is 321 g/mol. The van der Waals surface area contributed by atoms with Crippen molar-refractivity contribution in [1.29, 1.82) is 0 Å². The van der Waals surface area contributed by atoms with Crippen LogP contribution in [0.1, 0.15) is 19.3 Å². The number of nitrogens with two attached hydrogens (primary N) is 1. The zero-order valence-electron chi connectivity index (χ0n) is 11.1. The van der Waals surface area contributed by atoms with E-state index in [1.54, 1.807) is 0 Å². The molecular formula is C13H18ClFN2O2S. The molecule has 0 aliphatic carbocycles. The van der Waals surface area contributed by atoms with Crippen molar-refractivity contribution < 1.29 is 12.8 Å². The summed E-state index contributed by atoms with van der Waals surface area (Å²) in [5.41, 5.74) is 5.53. The minimum absolute atomic E-state index is 0.0334. The summed E-state index contributed by atoms with van der Waals surface area (Å²) < 4.78 is 39.6. The lowest BCUT2D eigenvalue weighted by molar-refractivity contribution is 0.258. The van der Waals surface area contributed by atoms with Crippen molar-refractivity contribution in [3.63, 3.8) is 0 Å². The maximum atomic E-state index is 13.0. The molecule has 2 N–H and O–H groups in total. The average Bonchev–Trinajstić information content (AvgIpc) is 2.39. The fourth-order valence-electron chi connectivity index (χ4n) is 2.54. The van der Waals surface area contributed by atoms with Crippen LogP contribution in [0.4, 0.5) is 4.39 Å². The molecule has 1 aliphatic heterocycles. The summed E-state index contributed by atoms with van der Waals surface area (Å²) in [5, 5.41) is -0.0778. The van der Waals surface area contributed by atoms with E-state index >= 15 is 0 Å². The van der Waals surface area contributed by atoms with Crippen molar-refractivity contribution in [3.8, 4) is 0 Å². The summed E-state index contributed by atoms with van der Waals surface area (Å²) in [6, 6.07) is 3.36. The van der Waals surface area contributed by atoms with Gasteiger partial charge in [0.05, 0.1) is 5.02 Å². The number of sulfonamides is 1. The van der Waals surface area contributed by atoms with Gasteiger partial charge in [0.25, 0.3) is 0 Å². The van der Waals surface area contributed by atoms with Crippen LogP contribution < -0.4 is 5.73 Å². The van der Waals surface area contributed by atoms with Gasteiger partial charge in [-0.05, 0) is 49.9 Å². The SMILES string of the molecule is NCCC1CCCN(S(=O)(=O)c2ccc(F)cc2Cl)C1. The Morgan fingerprint density at radius 2 is 2.20 bits per heavy atom. The van der Waals surface area contributed by atoms with E-state index in [0.29, 0.717) is 19.6 Å². The summed E-state index contributed by atoms with van der Waals surface area (Å²) in [6.45, 7) is 1.47. The van der Waals surface area contributed by atoms with E-state index in [1.807, 2.05) is 0 Å². The maximum absolute atomic E-state index is 13.0. The van der Waals surface area contributed by atoms with Gasteiger partial charge < -0.3 is 5.73 Å². The molecule has 0 saturated carbocycles. The first kappa shape index (κ1) is 15.7. The summed E-state index contributed by atoms with van der Waals surface area (Å²) in [7, 11) is -3.67. The second-order valence-electron chi connectivity index (χ2n) is 5.02. The molecule has 4 nitrogen and oxygen atoms in total. The van der Waals surface area contributed by atoms with Crippen LogP contribution in [0.5, 0.6) is 0 Å². The van der Waals surface area contributed by atoms with Crippen molar-refractivity contribution >= 4 is 21.6 Å². The third-order valence-corrected chi connectivity index (χ3v) is 5.92.